The first-order chi connectivity index (χ1) is 15.9. The summed E-state index contributed by atoms with van der Waals surface area (Å²) in [7, 11) is -1.98. The lowest BCUT2D eigenvalue weighted by atomic mass is 10.0. The summed E-state index contributed by atoms with van der Waals surface area (Å²) in [5.41, 5.74) is 1.36. The van der Waals surface area contributed by atoms with Gasteiger partial charge in [-0.2, -0.15) is 4.31 Å². The van der Waals surface area contributed by atoms with E-state index in [1.54, 1.807) is 41.7 Å². The lowest BCUT2D eigenvalue weighted by Crippen LogP contribution is -2.43. The van der Waals surface area contributed by atoms with Crippen molar-refractivity contribution in [2.24, 2.45) is 0 Å². The Morgan fingerprint density at radius 3 is 2.55 bits per heavy atom. The van der Waals surface area contributed by atoms with Gasteiger partial charge >= 0.3 is 0 Å². The van der Waals surface area contributed by atoms with Crippen LogP contribution in [0.3, 0.4) is 0 Å². The van der Waals surface area contributed by atoms with Gasteiger partial charge in [0.15, 0.2) is 11.5 Å². The number of aromatic nitrogens is 1. The zero-order chi connectivity index (χ0) is 23.4. The van der Waals surface area contributed by atoms with Crippen LogP contribution in [0.4, 0.5) is 5.69 Å². The molecule has 1 aromatic heterocycles. The highest BCUT2D eigenvalue weighted by Crippen LogP contribution is 2.28. The largest absolute Gasteiger partial charge is 0.497 e. The Morgan fingerprint density at radius 2 is 1.88 bits per heavy atom. The molecule has 9 heteroatoms. The van der Waals surface area contributed by atoms with Crippen LogP contribution in [0, 0.1) is 0 Å². The van der Waals surface area contributed by atoms with Gasteiger partial charge in [0.2, 0.25) is 10.0 Å². The second-order valence-electron chi connectivity index (χ2n) is 7.96. The van der Waals surface area contributed by atoms with Crippen molar-refractivity contribution in [3.8, 4) is 17.1 Å². The van der Waals surface area contributed by atoms with Gasteiger partial charge in [0.25, 0.3) is 5.91 Å². The molecule has 0 radical (unpaired) electrons. The molecular weight excluding hydrogens is 442 g/mol. The molecule has 1 amide bonds. The Hall–Kier alpha value is -3.17. The number of carbonyl (C=O) groups excluding carboxylic acids is 1. The maximum atomic E-state index is 13.1. The zero-order valence-corrected chi connectivity index (χ0v) is 19.5. The average molecular weight is 470 g/mol. The van der Waals surface area contributed by atoms with Gasteiger partial charge in [-0.15, -0.1) is 0 Å². The summed E-state index contributed by atoms with van der Waals surface area (Å²) in [5, 5.41) is 6.58. The standard InChI is InChI=1S/C24H27N3O5S/c1-3-19-6-4-5-15-27(19)33(29,30)21-13-9-18(10-14-21)25-24(28)22-16-23(32-26-22)17-7-11-20(31-2)12-8-17/h7-14,16,19H,3-6,15H2,1-2H3,(H,25,28)/t19-/m0/s1. The molecule has 1 aliphatic heterocycles. The number of anilines is 1. The second kappa shape index (κ2) is 9.76. The van der Waals surface area contributed by atoms with E-state index in [9.17, 15) is 13.2 Å². The lowest BCUT2D eigenvalue weighted by Gasteiger charge is -2.34. The van der Waals surface area contributed by atoms with Crippen LogP contribution in [0.1, 0.15) is 43.1 Å². The first-order valence-electron chi connectivity index (χ1n) is 11.0. The number of hydrogen-bond donors (Lipinski definition) is 1. The fourth-order valence-corrected chi connectivity index (χ4v) is 5.78. The summed E-state index contributed by atoms with van der Waals surface area (Å²) in [5.74, 6) is 0.722. The van der Waals surface area contributed by atoms with Crippen LogP contribution < -0.4 is 10.1 Å². The number of rotatable bonds is 7. The van der Waals surface area contributed by atoms with E-state index in [4.69, 9.17) is 9.26 Å². The fraction of sp³-hybridized carbons (Fsp3) is 0.333. The molecule has 0 unspecified atom stereocenters. The summed E-state index contributed by atoms with van der Waals surface area (Å²) >= 11 is 0. The molecule has 8 nitrogen and oxygen atoms in total. The van der Waals surface area contributed by atoms with Crippen molar-refractivity contribution in [3.05, 3.63) is 60.3 Å². The molecule has 2 heterocycles. The van der Waals surface area contributed by atoms with E-state index in [0.717, 1.165) is 31.2 Å². The third-order valence-electron chi connectivity index (χ3n) is 5.88. The molecule has 0 aliphatic carbocycles. The number of piperidine rings is 1. The van der Waals surface area contributed by atoms with Crippen LogP contribution in [-0.4, -0.2) is 43.5 Å². The van der Waals surface area contributed by atoms with Gasteiger partial charge in [-0.3, -0.25) is 4.79 Å². The van der Waals surface area contributed by atoms with Gasteiger partial charge in [-0.1, -0.05) is 18.5 Å². The van der Waals surface area contributed by atoms with Crippen molar-refractivity contribution >= 4 is 21.6 Å². The van der Waals surface area contributed by atoms with Gasteiger partial charge in [-0.05, 0) is 67.8 Å². The molecule has 1 N–H and O–H groups in total. The minimum absolute atomic E-state index is 0.0372. The van der Waals surface area contributed by atoms with E-state index < -0.39 is 15.9 Å². The molecule has 0 bridgehead atoms. The molecule has 33 heavy (non-hydrogen) atoms. The number of benzene rings is 2. The SMILES string of the molecule is CC[C@H]1CCCCN1S(=O)(=O)c1ccc(NC(=O)c2cc(-c3ccc(OC)cc3)on2)cc1. The second-order valence-corrected chi connectivity index (χ2v) is 9.85. The van der Waals surface area contributed by atoms with E-state index in [2.05, 4.69) is 10.5 Å². The predicted molar refractivity (Wildman–Crippen MR) is 125 cm³/mol. The van der Waals surface area contributed by atoms with Crippen molar-refractivity contribution in [1.29, 1.82) is 0 Å². The summed E-state index contributed by atoms with van der Waals surface area (Å²) in [6.07, 6.45) is 3.61. The van der Waals surface area contributed by atoms with Gasteiger partial charge in [-0.25, -0.2) is 8.42 Å². The van der Waals surface area contributed by atoms with Crippen LogP contribution in [0.5, 0.6) is 5.75 Å². The smallest absolute Gasteiger partial charge is 0.277 e. The highest BCUT2D eigenvalue weighted by Gasteiger charge is 2.32. The first-order valence-corrected chi connectivity index (χ1v) is 12.4. The van der Waals surface area contributed by atoms with Crippen molar-refractivity contribution in [2.45, 2.75) is 43.5 Å². The van der Waals surface area contributed by atoms with E-state index >= 15 is 0 Å². The number of hydrogen-bond acceptors (Lipinski definition) is 6. The first kappa shape index (κ1) is 23.0. The van der Waals surface area contributed by atoms with Crippen LogP contribution in [0.25, 0.3) is 11.3 Å². The molecule has 2 aromatic carbocycles. The van der Waals surface area contributed by atoms with Crippen LogP contribution in [-0.2, 0) is 10.0 Å². The molecule has 0 spiro atoms. The van der Waals surface area contributed by atoms with E-state index in [0.29, 0.717) is 23.7 Å². The van der Waals surface area contributed by atoms with Crippen LogP contribution in [0.15, 0.2) is 64.0 Å². The zero-order valence-electron chi connectivity index (χ0n) is 18.7. The Morgan fingerprint density at radius 1 is 1.15 bits per heavy atom. The van der Waals surface area contributed by atoms with Crippen molar-refractivity contribution in [3.63, 3.8) is 0 Å². The molecule has 3 aromatic rings. The number of nitrogens with zero attached hydrogens (tertiary/aromatic N) is 2. The van der Waals surface area contributed by atoms with Gasteiger partial charge in [0.05, 0.1) is 12.0 Å². The van der Waals surface area contributed by atoms with Crippen LogP contribution in [0.2, 0.25) is 0 Å². The normalized spacial score (nSPS) is 17.0. The molecule has 174 valence electrons. The highest BCUT2D eigenvalue weighted by molar-refractivity contribution is 7.89. The molecule has 1 saturated heterocycles. The minimum Gasteiger partial charge on any atom is -0.497 e. The average Bonchev–Trinajstić information content (AvgIpc) is 3.35. The van der Waals surface area contributed by atoms with E-state index in [1.165, 1.54) is 12.1 Å². The molecule has 1 aliphatic rings. The summed E-state index contributed by atoms with van der Waals surface area (Å²) in [6.45, 7) is 2.56. The van der Waals surface area contributed by atoms with E-state index in [-0.39, 0.29) is 16.6 Å². The van der Waals surface area contributed by atoms with Gasteiger partial charge < -0.3 is 14.6 Å². The summed E-state index contributed by atoms with van der Waals surface area (Å²) < 4.78 is 38.2. The predicted octanol–water partition coefficient (Wildman–Crippen LogP) is 4.56. The third kappa shape index (κ3) is 4.94. The molecule has 1 atom stereocenters. The lowest BCUT2D eigenvalue weighted by molar-refractivity contribution is 0.101. The monoisotopic (exact) mass is 469 g/mol. The molecule has 0 saturated carbocycles. The van der Waals surface area contributed by atoms with Gasteiger partial charge in [0.1, 0.15) is 5.75 Å². The summed E-state index contributed by atoms with van der Waals surface area (Å²) in [4.78, 5) is 12.8. The number of sulfonamides is 1. The Kier molecular flexibility index (Phi) is 6.80. The molecule has 1 fully saturated rings. The van der Waals surface area contributed by atoms with Gasteiger partial charge in [0, 0.05) is 29.9 Å². The minimum atomic E-state index is -3.57. The number of ether oxygens (including phenoxy) is 1. The number of nitrogens with one attached hydrogen (secondary N) is 1. The van der Waals surface area contributed by atoms with Crippen molar-refractivity contribution < 1.29 is 22.5 Å². The van der Waals surface area contributed by atoms with Crippen molar-refractivity contribution in [2.75, 3.05) is 19.0 Å². The molecular formula is C24H27N3O5S. The summed E-state index contributed by atoms with van der Waals surface area (Å²) in [6, 6.07) is 15.0. The maximum absolute atomic E-state index is 13.1. The molecule has 4 rings (SSSR count). The number of amides is 1. The Labute approximate surface area is 193 Å². The third-order valence-corrected chi connectivity index (χ3v) is 7.85. The number of carbonyl (C=O) groups is 1. The fourth-order valence-electron chi connectivity index (χ4n) is 4.01. The maximum Gasteiger partial charge on any atom is 0.277 e. The van der Waals surface area contributed by atoms with Crippen molar-refractivity contribution in [1.82, 2.24) is 9.46 Å². The highest BCUT2D eigenvalue weighted by atomic mass is 32.2. The van der Waals surface area contributed by atoms with Crippen LogP contribution >= 0.6 is 0 Å². The number of methoxy groups -OCH3 is 1. The Balaban J connectivity index is 1.44. The topological polar surface area (TPSA) is 102 Å². The quantitative estimate of drug-likeness (QED) is 0.544. The Bertz CT molecular complexity index is 1200. The van der Waals surface area contributed by atoms with E-state index in [1.807, 2.05) is 19.1 Å².